The van der Waals surface area contributed by atoms with Gasteiger partial charge in [-0.1, -0.05) is 0 Å². The second-order valence-corrected chi connectivity index (χ2v) is 4.25. The van der Waals surface area contributed by atoms with E-state index in [1.807, 2.05) is 13.8 Å². The van der Waals surface area contributed by atoms with Gasteiger partial charge in [-0.3, -0.25) is 4.79 Å². The molecule has 0 unspecified atom stereocenters. The third kappa shape index (κ3) is 3.51. The van der Waals surface area contributed by atoms with Gasteiger partial charge < -0.3 is 15.8 Å². The zero-order valence-electron chi connectivity index (χ0n) is 9.78. The van der Waals surface area contributed by atoms with Crippen molar-refractivity contribution in [1.82, 2.24) is 10.3 Å². The molecular weight excluding hydrogens is 206 g/mol. The summed E-state index contributed by atoms with van der Waals surface area (Å²) < 4.78 is 5.01. The summed E-state index contributed by atoms with van der Waals surface area (Å²) in [6, 6.07) is 3.23. The van der Waals surface area contributed by atoms with Gasteiger partial charge in [0, 0.05) is 7.11 Å². The Morgan fingerprint density at radius 3 is 2.75 bits per heavy atom. The summed E-state index contributed by atoms with van der Waals surface area (Å²) in [5.41, 5.74) is 5.95. The summed E-state index contributed by atoms with van der Waals surface area (Å²) >= 11 is 0. The van der Waals surface area contributed by atoms with Gasteiger partial charge in [0.25, 0.3) is 5.91 Å². The van der Waals surface area contributed by atoms with Gasteiger partial charge in [0.1, 0.15) is 5.69 Å². The number of aromatic nitrogens is 1. The second-order valence-electron chi connectivity index (χ2n) is 4.25. The van der Waals surface area contributed by atoms with Crippen LogP contribution < -0.4 is 11.1 Å². The van der Waals surface area contributed by atoms with Crippen molar-refractivity contribution < 1.29 is 9.53 Å². The predicted molar refractivity (Wildman–Crippen MR) is 62.1 cm³/mol. The van der Waals surface area contributed by atoms with E-state index in [2.05, 4.69) is 10.3 Å². The average Bonchev–Trinajstić information content (AvgIpc) is 2.17. The van der Waals surface area contributed by atoms with Gasteiger partial charge in [-0.15, -0.1) is 0 Å². The van der Waals surface area contributed by atoms with Crippen LogP contribution in [0.4, 0.5) is 5.69 Å². The molecule has 3 N–H and O–H groups in total. The molecule has 0 spiro atoms. The van der Waals surface area contributed by atoms with Gasteiger partial charge in [0.2, 0.25) is 0 Å². The molecule has 0 aliphatic heterocycles. The van der Waals surface area contributed by atoms with Crippen molar-refractivity contribution in [2.75, 3.05) is 19.5 Å². The minimum absolute atomic E-state index is 0.234. The lowest BCUT2D eigenvalue weighted by Gasteiger charge is -2.24. The van der Waals surface area contributed by atoms with E-state index < -0.39 is 5.54 Å². The van der Waals surface area contributed by atoms with E-state index in [9.17, 15) is 4.79 Å². The SMILES string of the molecule is COCC(C)(C)NC(=O)c1ccc(N)cn1. The number of nitrogens with zero attached hydrogens (tertiary/aromatic N) is 1. The number of nitrogens with two attached hydrogens (primary N) is 1. The normalized spacial score (nSPS) is 11.2. The second kappa shape index (κ2) is 4.94. The number of pyridine rings is 1. The molecule has 5 nitrogen and oxygen atoms in total. The van der Waals surface area contributed by atoms with Crippen LogP contribution in [0.1, 0.15) is 24.3 Å². The highest BCUT2D eigenvalue weighted by atomic mass is 16.5. The number of methoxy groups -OCH3 is 1. The van der Waals surface area contributed by atoms with E-state index in [0.717, 1.165) is 0 Å². The van der Waals surface area contributed by atoms with Crippen molar-refractivity contribution in [3.05, 3.63) is 24.0 Å². The molecule has 0 radical (unpaired) electrons. The van der Waals surface area contributed by atoms with Crippen LogP contribution in [0.5, 0.6) is 0 Å². The molecule has 0 saturated heterocycles. The van der Waals surface area contributed by atoms with E-state index in [1.165, 1.54) is 6.20 Å². The van der Waals surface area contributed by atoms with Crippen LogP contribution in [0, 0.1) is 0 Å². The largest absolute Gasteiger partial charge is 0.397 e. The quantitative estimate of drug-likeness (QED) is 0.792. The lowest BCUT2D eigenvalue weighted by molar-refractivity contribution is 0.0815. The molecule has 0 aliphatic rings. The maximum Gasteiger partial charge on any atom is 0.270 e. The van der Waals surface area contributed by atoms with Crippen molar-refractivity contribution in [3.8, 4) is 0 Å². The van der Waals surface area contributed by atoms with E-state index in [-0.39, 0.29) is 5.91 Å². The number of carbonyl (C=O) groups excluding carboxylic acids is 1. The summed E-state index contributed by atoms with van der Waals surface area (Å²) in [6.45, 7) is 4.20. The van der Waals surface area contributed by atoms with Crippen molar-refractivity contribution in [2.45, 2.75) is 19.4 Å². The standard InChI is InChI=1S/C11H17N3O2/c1-11(2,7-16-3)14-10(15)9-5-4-8(12)6-13-9/h4-6H,7,12H2,1-3H3,(H,14,15). The molecule has 1 aromatic heterocycles. The van der Waals surface area contributed by atoms with Crippen molar-refractivity contribution in [1.29, 1.82) is 0 Å². The fourth-order valence-electron chi connectivity index (χ4n) is 1.31. The molecule has 0 aliphatic carbocycles. The predicted octanol–water partition coefficient (Wildman–Crippen LogP) is 0.819. The molecule has 1 rings (SSSR count). The minimum Gasteiger partial charge on any atom is -0.397 e. The maximum atomic E-state index is 11.8. The first-order valence-electron chi connectivity index (χ1n) is 4.97. The van der Waals surface area contributed by atoms with Crippen molar-refractivity contribution in [2.24, 2.45) is 0 Å². The van der Waals surface area contributed by atoms with Crippen LogP contribution in [-0.4, -0.2) is 30.1 Å². The topological polar surface area (TPSA) is 77.2 Å². The van der Waals surface area contributed by atoms with Gasteiger partial charge in [-0.05, 0) is 26.0 Å². The van der Waals surface area contributed by atoms with Crippen molar-refractivity contribution >= 4 is 11.6 Å². The molecule has 1 heterocycles. The number of anilines is 1. The Balaban J connectivity index is 2.69. The molecular formula is C11H17N3O2. The molecule has 0 saturated carbocycles. The van der Waals surface area contributed by atoms with E-state index in [0.29, 0.717) is 18.0 Å². The van der Waals surface area contributed by atoms with Crippen LogP contribution in [-0.2, 0) is 4.74 Å². The number of hydrogen-bond donors (Lipinski definition) is 2. The molecule has 1 amide bonds. The van der Waals surface area contributed by atoms with Gasteiger partial charge >= 0.3 is 0 Å². The highest BCUT2D eigenvalue weighted by Gasteiger charge is 2.21. The summed E-state index contributed by atoms with van der Waals surface area (Å²) in [5.74, 6) is -0.234. The highest BCUT2D eigenvalue weighted by Crippen LogP contribution is 2.06. The number of hydrogen-bond acceptors (Lipinski definition) is 4. The first-order valence-corrected chi connectivity index (χ1v) is 4.97. The van der Waals surface area contributed by atoms with Crippen LogP contribution in [0.25, 0.3) is 0 Å². The summed E-state index contributed by atoms with van der Waals surface area (Å²) in [7, 11) is 1.59. The fraction of sp³-hybridized carbons (Fsp3) is 0.455. The Morgan fingerprint density at radius 1 is 1.56 bits per heavy atom. The summed E-state index contributed by atoms with van der Waals surface area (Å²) in [4.78, 5) is 15.7. The number of nitrogen functional groups attached to an aromatic ring is 1. The van der Waals surface area contributed by atoms with Gasteiger partial charge in [0.05, 0.1) is 24.0 Å². The van der Waals surface area contributed by atoms with Gasteiger partial charge in [-0.2, -0.15) is 0 Å². The first-order chi connectivity index (χ1) is 7.44. The number of nitrogens with one attached hydrogen (secondary N) is 1. The number of ether oxygens (including phenoxy) is 1. The van der Waals surface area contributed by atoms with Gasteiger partial charge in [-0.25, -0.2) is 4.98 Å². The van der Waals surface area contributed by atoms with Crippen LogP contribution >= 0.6 is 0 Å². The van der Waals surface area contributed by atoms with Gasteiger partial charge in [0.15, 0.2) is 0 Å². The molecule has 88 valence electrons. The molecule has 0 atom stereocenters. The third-order valence-electron chi connectivity index (χ3n) is 1.98. The molecule has 0 fully saturated rings. The Bertz CT molecular complexity index is 360. The van der Waals surface area contributed by atoms with E-state index in [1.54, 1.807) is 19.2 Å². The Labute approximate surface area is 95.0 Å². The van der Waals surface area contributed by atoms with Crippen LogP contribution in [0.15, 0.2) is 18.3 Å². The molecule has 1 aromatic rings. The zero-order valence-corrected chi connectivity index (χ0v) is 9.78. The lowest BCUT2D eigenvalue weighted by Crippen LogP contribution is -2.47. The van der Waals surface area contributed by atoms with E-state index in [4.69, 9.17) is 10.5 Å². The summed E-state index contributed by atoms with van der Waals surface area (Å²) in [5, 5.41) is 2.83. The van der Waals surface area contributed by atoms with Crippen molar-refractivity contribution in [3.63, 3.8) is 0 Å². The summed E-state index contributed by atoms with van der Waals surface area (Å²) in [6.07, 6.45) is 1.46. The van der Waals surface area contributed by atoms with Crippen LogP contribution in [0.2, 0.25) is 0 Å². The lowest BCUT2D eigenvalue weighted by atomic mass is 10.1. The zero-order chi connectivity index (χ0) is 12.2. The molecule has 0 aromatic carbocycles. The maximum absolute atomic E-state index is 11.8. The number of amides is 1. The molecule has 16 heavy (non-hydrogen) atoms. The molecule has 0 bridgehead atoms. The fourth-order valence-corrected chi connectivity index (χ4v) is 1.31. The average molecular weight is 223 g/mol. The highest BCUT2D eigenvalue weighted by molar-refractivity contribution is 5.92. The molecule has 5 heteroatoms. The van der Waals surface area contributed by atoms with E-state index >= 15 is 0 Å². The Morgan fingerprint density at radius 2 is 2.25 bits per heavy atom. The smallest absolute Gasteiger partial charge is 0.270 e. The Kier molecular flexibility index (Phi) is 3.84. The third-order valence-corrected chi connectivity index (χ3v) is 1.98. The first kappa shape index (κ1) is 12.4. The Hall–Kier alpha value is -1.62. The number of carbonyl (C=O) groups is 1. The number of rotatable bonds is 4. The minimum atomic E-state index is -0.422. The van der Waals surface area contributed by atoms with Crippen LogP contribution in [0.3, 0.4) is 0 Å². The monoisotopic (exact) mass is 223 g/mol.